The molecule has 210 valence electrons. The van der Waals surface area contributed by atoms with Gasteiger partial charge in [-0.1, -0.05) is 66.2 Å². The van der Waals surface area contributed by atoms with Gasteiger partial charge >= 0.3 is 5.97 Å². The zero-order valence-electron chi connectivity index (χ0n) is 22.6. The molecule has 3 aromatic carbocycles. The number of halogens is 1. The first-order valence-electron chi connectivity index (χ1n) is 12.9. The number of carboxylic acids is 1. The second kappa shape index (κ2) is 13.5. The van der Waals surface area contributed by atoms with E-state index >= 15 is 0 Å². The third-order valence-corrected chi connectivity index (χ3v) is 8.86. The van der Waals surface area contributed by atoms with E-state index in [-0.39, 0.29) is 29.9 Å². The highest BCUT2D eigenvalue weighted by molar-refractivity contribution is 7.89. The SMILES string of the molecule is CN(C[C@H](O)CNC(C)(C)CCCc1ccccc1Cl)S(=O)(=O)c1cccc(-c2ccc(CC(=O)O)cc2)c1. The van der Waals surface area contributed by atoms with E-state index in [2.05, 4.69) is 19.2 Å². The molecular formula is C30H37ClN2O5S. The third-order valence-electron chi connectivity index (χ3n) is 6.67. The number of β-amino-alcohol motifs (C(OH)–C–C–N with tert-alkyl or cyclic N) is 1. The Hall–Kier alpha value is -2.75. The number of sulfonamides is 1. The van der Waals surface area contributed by atoms with E-state index in [0.29, 0.717) is 11.1 Å². The summed E-state index contributed by atoms with van der Waals surface area (Å²) in [5.41, 5.74) is 3.02. The fourth-order valence-electron chi connectivity index (χ4n) is 4.37. The fraction of sp³-hybridized carbons (Fsp3) is 0.367. The second-order valence-corrected chi connectivity index (χ2v) is 12.9. The Kier molecular flexibility index (Phi) is 10.7. The summed E-state index contributed by atoms with van der Waals surface area (Å²) in [5.74, 6) is -0.909. The number of hydrogen-bond acceptors (Lipinski definition) is 5. The number of aliphatic hydroxyl groups excluding tert-OH is 1. The molecule has 0 aliphatic heterocycles. The van der Waals surface area contributed by atoms with Gasteiger partial charge < -0.3 is 15.5 Å². The number of hydrogen-bond donors (Lipinski definition) is 3. The molecule has 0 saturated carbocycles. The van der Waals surface area contributed by atoms with Crippen LogP contribution < -0.4 is 5.32 Å². The average molecular weight is 573 g/mol. The maximum absolute atomic E-state index is 13.2. The van der Waals surface area contributed by atoms with Gasteiger partial charge in [0.15, 0.2) is 0 Å². The van der Waals surface area contributed by atoms with Crippen LogP contribution in [0.4, 0.5) is 0 Å². The number of rotatable bonds is 14. The lowest BCUT2D eigenvalue weighted by Crippen LogP contribution is -2.46. The molecule has 0 spiro atoms. The Balaban J connectivity index is 1.55. The highest BCUT2D eigenvalue weighted by Crippen LogP contribution is 2.25. The summed E-state index contributed by atoms with van der Waals surface area (Å²) in [6, 6.07) is 21.4. The van der Waals surface area contributed by atoms with E-state index in [1.54, 1.807) is 42.5 Å². The van der Waals surface area contributed by atoms with Crippen LogP contribution in [0.15, 0.2) is 77.7 Å². The molecule has 3 rings (SSSR count). The molecule has 0 fully saturated rings. The number of benzene rings is 3. The molecule has 39 heavy (non-hydrogen) atoms. The molecule has 7 nitrogen and oxygen atoms in total. The predicted molar refractivity (Wildman–Crippen MR) is 156 cm³/mol. The van der Waals surface area contributed by atoms with Gasteiger partial charge in [0.2, 0.25) is 10.0 Å². The van der Waals surface area contributed by atoms with Gasteiger partial charge in [-0.2, -0.15) is 4.31 Å². The Morgan fingerprint density at radius 3 is 2.38 bits per heavy atom. The third kappa shape index (κ3) is 9.15. The van der Waals surface area contributed by atoms with Crippen molar-refractivity contribution in [3.8, 4) is 11.1 Å². The summed E-state index contributed by atoms with van der Waals surface area (Å²) in [5, 5.41) is 23.7. The molecule has 0 aliphatic carbocycles. The second-order valence-electron chi connectivity index (χ2n) is 10.4. The van der Waals surface area contributed by atoms with Crippen molar-refractivity contribution in [3.63, 3.8) is 0 Å². The van der Waals surface area contributed by atoms with Gasteiger partial charge in [0.05, 0.1) is 17.4 Å². The summed E-state index contributed by atoms with van der Waals surface area (Å²) in [6.07, 6.45) is 1.68. The number of likely N-dealkylation sites (N-methyl/N-ethyl adjacent to an activating group) is 1. The topological polar surface area (TPSA) is 107 Å². The van der Waals surface area contributed by atoms with E-state index in [9.17, 15) is 18.3 Å². The monoisotopic (exact) mass is 572 g/mol. The van der Waals surface area contributed by atoms with E-state index in [0.717, 1.165) is 35.4 Å². The number of nitrogens with zero attached hydrogens (tertiary/aromatic N) is 1. The number of aryl methyl sites for hydroxylation is 1. The summed E-state index contributed by atoms with van der Waals surface area (Å²) < 4.78 is 27.7. The van der Waals surface area contributed by atoms with Crippen LogP contribution in [0.1, 0.15) is 37.8 Å². The van der Waals surface area contributed by atoms with Crippen molar-refractivity contribution in [2.45, 2.75) is 56.1 Å². The molecule has 0 bridgehead atoms. The van der Waals surface area contributed by atoms with Crippen molar-refractivity contribution in [2.24, 2.45) is 0 Å². The molecule has 0 radical (unpaired) electrons. The van der Waals surface area contributed by atoms with E-state index in [4.69, 9.17) is 16.7 Å². The maximum atomic E-state index is 13.2. The molecular weight excluding hydrogens is 536 g/mol. The summed E-state index contributed by atoms with van der Waals surface area (Å²) in [4.78, 5) is 11.0. The summed E-state index contributed by atoms with van der Waals surface area (Å²) in [6.45, 7) is 4.32. The number of aliphatic hydroxyl groups is 1. The largest absolute Gasteiger partial charge is 0.481 e. The van der Waals surface area contributed by atoms with Gasteiger partial charge in [0.1, 0.15) is 0 Å². The molecule has 0 unspecified atom stereocenters. The molecule has 0 aromatic heterocycles. The van der Waals surface area contributed by atoms with Gasteiger partial charge in [-0.15, -0.1) is 0 Å². The lowest BCUT2D eigenvalue weighted by Gasteiger charge is -2.29. The molecule has 3 aromatic rings. The van der Waals surface area contributed by atoms with Gasteiger partial charge in [-0.05, 0) is 73.6 Å². The minimum Gasteiger partial charge on any atom is -0.481 e. The molecule has 0 heterocycles. The first-order chi connectivity index (χ1) is 18.4. The van der Waals surface area contributed by atoms with E-state index in [1.807, 2.05) is 24.3 Å². The minimum atomic E-state index is -3.84. The molecule has 0 amide bonds. The van der Waals surface area contributed by atoms with E-state index in [1.165, 1.54) is 17.4 Å². The summed E-state index contributed by atoms with van der Waals surface area (Å²) in [7, 11) is -2.38. The molecule has 1 atom stereocenters. The van der Waals surface area contributed by atoms with Crippen molar-refractivity contribution >= 4 is 27.6 Å². The fourth-order valence-corrected chi connectivity index (χ4v) is 5.85. The number of nitrogens with one attached hydrogen (secondary N) is 1. The Labute approximate surface area is 236 Å². The van der Waals surface area contributed by atoms with Gasteiger partial charge in [0, 0.05) is 30.7 Å². The zero-order chi connectivity index (χ0) is 28.6. The number of carboxylic acid groups (broad SMARTS) is 1. The molecule has 9 heteroatoms. The lowest BCUT2D eigenvalue weighted by atomic mass is 9.95. The van der Waals surface area contributed by atoms with Crippen LogP contribution in [-0.2, 0) is 27.7 Å². The quantitative estimate of drug-likeness (QED) is 0.251. The highest BCUT2D eigenvalue weighted by Gasteiger charge is 2.25. The van der Waals surface area contributed by atoms with Crippen molar-refractivity contribution in [2.75, 3.05) is 20.1 Å². The Bertz CT molecular complexity index is 1360. The van der Waals surface area contributed by atoms with Gasteiger partial charge in [-0.3, -0.25) is 4.79 Å². The zero-order valence-corrected chi connectivity index (χ0v) is 24.2. The first kappa shape index (κ1) is 30.8. The highest BCUT2D eigenvalue weighted by atomic mass is 35.5. The van der Waals surface area contributed by atoms with Crippen molar-refractivity contribution in [3.05, 3.63) is 88.9 Å². The molecule has 0 aliphatic rings. The van der Waals surface area contributed by atoms with E-state index < -0.39 is 22.1 Å². The standard InChI is InChI=1S/C30H37ClN2O5S/c1-30(2,17-7-10-24-8-4-5-12-28(24)31)32-20-26(34)21-33(3)39(37,38)27-11-6-9-25(19-27)23-15-13-22(14-16-23)18-29(35)36/h4-6,8-9,11-16,19,26,32,34H,7,10,17-18,20-21H2,1-3H3,(H,35,36)/t26-/m1/s1. The normalized spacial score (nSPS) is 13.0. The number of aliphatic carboxylic acids is 1. The van der Waals surface area contributed by atoms with Crippen molar-refractivity contribution in [1.82, 2.24) is 9.62 Å². The van der Waals surface area contributed by atoms with Gasteiger partial charge in [-0.25, -0.2) is 8.42 Å². The van der Waals surface area contributed by atoms with Crippen LogP contribution in [0.3, 0.4) is 0 Å². The van der Waals surface area contributed by atoms with Crippen LogP contribution in [0.2, 0.25) is 5.02 Å². The van der Waals surface area contributed by atoms with Gasteiger partial charge in [0.25, 0.3) is 0 Å². The maximum Gasteiger partial charge on any atom is 0.307 e. The Morgan fingerprint density at radius 2 is 1.72 bits per heavy atom. The van der Waals surface area contributed by atoms with Crippen LogP contribution in [0.5, 0.6) is 0 Å². The molecule has 0 saturated heterocycles. The molecule has 3 N–H and O–H groups in total. The lowest BCUT2D eigenvalue weighted by molar-refractivity contribution is -0.136. The first-order valence-corrected chi connectivity index (χ1v) is 14.7. The van der Waals surface area contributed by atoms with Crippen LogP contribution in [0, 0.1) is 0 Å². The van der Waals surface area contributed by atoms with Crippen molar-refractivity contribution < 1.29 is 23.4 Å². The number of carbonyl (C=O) groups is 1. The predicted octanol–water partition coefficient (Wildman–Crippen LogP) is 5.01. The van der Waals surface area contributed by atoms with Crippen LogP contribution >= 0.6 is 11.6 Å². The van der Waals surface area contributed by atoms with Crippen LogP contribution in [0.25, 0.3) is 11.1 Å². The minimum absolute atomic E-state index is 0.0564. The van der Waals surface area contributed by atoms with Crippen LogP contribution in [-0.4, -0.2) is 60.7 Å². The Morgan fingerprint density at radius 1 is 1.03 bits per heavy atom. The summed E-state index contributed by atoms with van der Waals surface area (Å²) >= 11 is 6.25. The average Bonchev–Trinajstić information content (AvgIpc) is 2.89. The van der Waals surface area contributed by atoms with Crippen molar-refractivity contribution in [1.29, 1.82) is 0 Å². The smallest absolute Gasteiger partial charge is 0.307 e.